The summed E-state index contributed by atoms with van der Waals surface area (Å²) < 4.78 is 19.9. The molecule has 0 spiro atoms. The van der Waals surface area contributed by atoms with Crippen molar-refractivity contribution in [2.75, 3.05) is 25.0 Å². The second kappa shape index (κ2) is 8.61. The largest absolute Gasteiger partial charge is 0.484 e. The summed E-state index contributed by atoms with van der Waals surface area (Å²) in [4.78, 5) is 20.1. The van der Waals surface area contributed by atoms with E-state index in [1.165, 1.54) is 30.6 Å². The fraction of sp³-hybridized carbons (Fsp3) is 0.167. The van der Waals surface area contributed by atoms with Crippen molar-refractivity contribution in [3.05, 3.63) is 67.0 Å². The Hall–Kier alpha value is -3.42. The highest BCUT2D eigenvalue weighted by Gasteiger charge is 2.03. The molecule has 2 heterocycles. The van der Waals surface area contributed by atoms with E-state index in [4.69, 9.17) is 4.74 Å². The molecule has 0 fully saturated rings. The Balaban J connectivity index is 1.38. The summed E-state index contributed by atoms with van der Waals surface area (Å²) in [5.41, 5.74) is 0. The number of nitrogens with zero attached hydrogens (tertiary/aromatic N) is 3. The molecular formula is C18H18FN5O2. The topological polar surface area (TPSA) is 81.1 Å². The molecule has 1 amide bonds. The van der Waals surface area contributed by atoms with Crippen LogP contribution in [0.1, 0.15) is 0 Å². The van der Waals surface area contributed by atoms with E-state index in [9.17, 15) is 9.18 Å². The SMILES string of the molecule is O=C(COc1ccc(F)cc1)NCCNc1cc(-n2cccc2)ncn1. The summed E-state index contributed by atoms with van der Waals surface area (Å²) in [6, 6.07) is 11.2. The molecule has 0 aliphatic rings. The molecule has 3 aromatic rings. The van der Waals surface area contributed by atoms with Crippen molar-refractivity contribution in [1.29, 1.82) is 0 Å². The molecule has 3 rings (SSSR count). The van der Waals surface area contributed by atoms with Gasteiger partial charge >= 0.3 is 0 Å². The third-order valence-corrected chi connectivity index (χ3v) is 3.46. The average Bonchev–Trinajstić information content (AvgIpc) is 3.20. The first kappa shape index (κ1) is 17.4. The minimum absolute atomic E-state index is 0.128. The van der Waals surface area contributed by atoms with Gasteiger partial charge in [-0.25, -0.2) is 14.4 Å². The van der Waals surface area contributed by atoms with Crippen molar-refractivity contribution >= 4 is 11.7 Å². The van der Waals surface area contributed by atoms with Crippen molar-refractivity contribution in [2.24, 2.45) is 0 Å². The molecule has 0 aliphatic carbocycles. The number of hydrogen-bond acceptors (Lipinski definition) is 5. The molecule has 0 unspecified atom stereocenters. The zero-order valence-electron chi connectivity index (χ0n) is 13.9. The Kier molecular flexibility index (Phi) is 5.76. The molecule has 0 aliphatic heterocycles. The minimum Gasteiger partial charge on any atom is -0.484 e. The third kappa shape index (κ3) is 5.04. The predicted octanol–water partition coefficient (Wildman–Crippen LogP) is 2.01. The lowest BCUT2D eigenvalue weighted by molar-refractivity contribution is -0.123. The van der Waals surface area contributed by atoms with E-state index in [0.29, 0.717) is 24.7 Å². The quantitative estimate of drug-likeness (QED) is 0.604. The molecule has 0 saturated carbocycles. The Morgan fingerprint density at radius 3 is 2.65 bits per heavy atom. The minimum atomic E-state index is -0.350. The van der Waals surface area contributed by atoms with Crippen LogP contribution in [-0.2, 0) is 4.79 Å². The molecule has 1 aromatic carbocycles. The number of hydrogen-bond donors (Lipinski definition) is 2. The van der Waals surface area contributed by atoms with Crippen LogP contribution < -0.4 is 15.4 Å². The summed E-state index contributed by atoms with van der Waals surface area (Å²) >= 11 is 0. The van der Waals surface area contributed by atoms with Crippen LogP contribution >= 0.6 is 0 Å². The van der Waals surface area contributed by atoms with Gasteiger partial charge in [-0.1, -0.05) is 0 Å². The van der Waals surface area contributed by atoms with Gasteiger partial charge in [0.2, 0.25) is 0 Å². The van der Waals surface area contributed by atoms with E-state index < -0.39 is 0 Å². The first-order valence-corrected chi connectivity index (χ1v) is 8.05. The van der Waals surface area contributed by atoms with Gasteiger partial charge in [0.1, 0.15) is 29.5 Å². The zero-order valence-corrected chi connectivity index (χ0v) is 13.9. The van der Waals surface area contributed by atoms with Crippen molar-refractivity contribution in [3.63, 3.8) is 0 Å². The highest BCUT2D eigenvalue weighted by atomic mass is 19.1. The molecule has 0 atom stereocenters. The maximum absolute atomic E-state index is 12.8. The van der Waals surface area contributed by atoms with Gasteiger partial charge in [-0.05, 0) is 36.4 Å². The molecular weight excluding hydrogens is 337 g/mol. The van der Waals surface area contributed by atoms with Gasteiger partial charge in [0.25, 0.3) is 5.91 Å². The fourth-order valence-electron chi connectivity index (χ4n) is 2.20. The number of anilines is 1. The summed E-state index contributed by atoms with van der Waals surface area (Å²) in [5, 5.41) is 5.85. The van der Waals surface area contributed by atoms with Crippen molar-refractivity contribution < 1.29 is 13.9 Å². The summed E-state index contributed by atoms with van der Waals surface area (Å²) in [6.07, 6.45) is 5.27. The lowest BCUT2D eigenvalue weighted by Gasteiger charge is -2.09. The maximum atomic E-state index is 12.8. The van der Waals surface area contributed by atoms with Crippen LogP contribution in [-0.4, -0.2) is 40.1 Å². The van der Waals surface area contributed by atoms with Crippen LogP contribution in [0.5, 0.6) is 5.75 Å². The molecule has 26 heavy (non-hydrogen) atoms. The molecule has 2 aromatic heterocycles. The van der Waals surface area contributed by atoms with Crippen LogP contribution in [0.4, 0.5) is 10.2 Å². The number of carbonyl (C=O) groups excluding carboxylic acids is 1. The number of amides is 1. The Bertz CT molecular complexity index is 837. The molecule has 8 heteroatoms. The third-order valence-electron chi connectivity index (χ3n) is 3.46. The van der Waals surface area contributed by atoms with Gasteiger partial charge in [0, 0.05) is 31.5 Å². The van der Waals surface area contributed by atoms with Crippen LogP contribution in [0, 0.1) is 5.82 Å². The van der Waals surface area contributed by atoms with Crippen molar-refractivity contribution in [1.82, 2.24) is 19.9 Å². The number of benzene rings is 1. The van der Waals surface area contributed by atoms with E-state index in [1.807, 2.05) is 35.2 Å². The Morgan fingerprint density at radius 1 is 1.12 bits per heavy atom. The molecule has 2 N–H and O–H groups in total. The van der Waals surface area contributed by atoms with E-state index in [0.717, 1.165) is 5.82 Å². The number of aromatic nitrogens is 3. The normalized spacial score (nSPS) is 10.3. The van der Waals surface area contributed by atoms with Crippen LogP contribution in [0.3, 0.4) is 0 Å². The molecule has 134 valence electrons. The highest BCUT2D eigenvalue weighted by Crippen LogP contribution is 2.10. The number of ether oxygens (including phenoxy) is 1. The smallest absolute Gasteiger partial charge is 0.258 e. The lowest BCUT2D eigenvalue weighted by atomic mass is 10.3. The molecule has 0 radical (unpaired) electrons. The standard InChI is InChI=1S/C18H18FN5O2/c19-14-3-5-15(6-4-14)26-12-18(25)21-8-7-20-16-11-17(23-13-22-16)24-9-1-2-10-24/h1-6,9-11,13H,7-8,12H2,(H,21,25)(H,20,22,23). The predicted molar refractivity (Wildman–Crippen MR) is 94.8 cm³/mol. The van der Waals surface area contributed by atoms with Gasteiger partial charge < -0.3 is 19.9 Å². The van der Waals surface area contributed by atoms with Gasteiger partial charge in [0.05, 0.1) is 0 Å². The molecule has 0 saturated heterocycles. The number of nitrogens with one attached hydrogen (secondary N) is 2. The average molecular weight is 355 g/mol. The monoisotopic (exact) mass is 355 g/mol. The van der Waals surface area contributed by atoms with Crippen molar-refractivity contribution in [3.8, 4) is 11.6 Å². The van der Waals surface area contributed by atoms with Gasteiger partial charge in [-0.15, -0.1) is 0 Å². The number of carbonyl (C=O) groups is 1. The van der Waals surface area contributed by atoms with Crippen LogP contribution in [0.25, 0.3) is 5.82 Å². The second-order valence-corrected chi connectivity index (χ2v) is 5.37. The number of rotatable bonds is 8. The maximum Gasteiger partial charge on any atom is 0.258 e. The Morgan fingerprint density at radius 2 is 1.88 bits per heavy atom. The fourth-order valence-corrected chi connectivity index (χ4v) is 2.20. The first-order valence-electron chi connectivity index (χ1n) is 8.05. The Labute approximate surface area is 149 Å². The molecule has 0 bridgehead atoms. The first-order chi connectivity index (χ1) is 12.7. The van der Waals surface area contributed by atoms with Gasteiger partial charge in [-0.3, -0.25) is 4.79 Å². The van der Waals surface area contributed by atoms with Crippen LogP contribution in [0.15, 0.2) is 61.2 Å². The van der Waals surface area contributed by atoms with E-state index >= 15 is 0 Å². The lowest BCUT2D eigenvalue weighted by Crippen LogP contribution is -2.32. The zero-order chi connectivity index (χ0) is 18.2. The van der Waals surface area contributed by atoms with Crippen LogP contribution in [0.2, 0.25) is 0 Å². The summed E-state index contributed by atoms with van der Waals surface area (Å²) in [7, 11) is 0. The number of halogens is 1. The van der Waals surface area contributed by atoms with Crippen molar-refractivity contribution in [2.45, 2.75) is 0 Å². The second-order valence-electron chi connectivity index (χ2n) is 5.37. The van der Waals surface area contributed by atoms with E-state index in [1.54, 1.807) is 0 Å². The summed E-state index contributed by atoms with van der Waals surface area (Å²) in [5.74, 6) is 1.26. The van der Waals surface area contributed by atoms with E-state index in [-0.39, 0.29) is 18.3 Å². The van der Waals surface area contributed by atoms with E-state index in [2.05, 4.69) is 20.6 Å². The van der Waals surface area contributed by atoms with Gasteiger partial charge in [-0.2, -0.15) is 0 Å². The highest BCUT2D eigenvalue weighted by molar-refractivity contribution is 5.77. The van der Waals surface area contributed by atoms with Gasteiger partial charge in [0.15, 0.2) is 6.61 Å². The molecule has 7 nitrogen and oxygen atoms in total. The summed E-state index contributed by atoms with van der Waals surface area (Å²) in [6.45, 7) is 0.788.